The third kappa shape index (κ3) is 3.78. The summed E-state index contributed by atoms with van der Waals surface area (Å²) in [5.41, 5.74) is 3.10. The van der Waals surface area contributed by atoms with Crippen molar-refractivity contribution in [2.45, 2.75) is 19.6 Å². The minimum atomic E-state index is -4.11. The first kappa shape index (κ1) is 15.3. The van der Waals surface area contributed by atoms with E-state index in [1.54, 1.807) is 0 Å². The van der Waals surface area contributed by atoms with Crippen LogP contribution in [0.1, 0.15) is 11.4 Å². The third-order valence-electron chi connectivity index (χ3n) is 3.93. The van der Waals surface area contributed by atoms with Crippen molar-refractivity contribution >= 4 is 11.0 Å². The predicted molar refractivity (Wildman–Crippen MR) is 78.6 cm³/mol. The second-order valence-corrected chi connectivity index (χ2v) is 5.87. The average molecular weight is 312 g/mol. The first-order valence-corrected chi connectivity index (χ1v) is 7.36. The maximum absolute atomic E-state index is 12.4. The first-order valence-electron chi connectivity index (χ1n) is 7.36. The Morgan fingerprint density at radius 2 is 1.82 bits per heavy atom. The van der Waals surface area contributed by atoms with Gasteiger partial charge in [0.05, 0.1) is 24.1 Å². The lowest BCUT2D eigenvalue weighted by Gasteiger charge is -2.34. The van der Waals surface area contributed by atoms with Crippen LogP contribution in [0.4, 0.5) is 13.2 Å². The highest BCUT2D eigenvalue weighted by Gasteiger charge is 2.32. The predicted octanol–water partition coefficient (Wildman–Crippen LogP) is 2.55. The summed E-state index contributed by atoms with van der Waals surface area (Å²) >= 11 is 0. The number of imidazole rings is 1. The SMILES string of the molecule is Cc1ccc2nc(CN3CCN(CC(F)(F)F)CC3)[nH]c2c1. The molecule has 7 heteroatoms. The molecule has 0 radical (unpaired) electrons. The van der Waals surface area contributed by atoms with Crippen molar-refractivity contribution in [1.29, 1.82) is 0 Å². The molecule has 2 heterocycles. The number of aryl methyl sites for hydroxylation is 1. The number of H-pyrrole nitrogens is 1. The smallest absolute Gasteiger partial charge is 0.341 e. The maximum Gasteiger partial charge on any atom is 0.401 e. The summed E-state index contributed by atoms with van der Waals surface area (Å²) in [6.45, 7) is 4.01. The summed E-state index contributed by atoms with van der Waals surface area (Å²) in [6.07, 6.45) is -4.11. The third-order valence-corrected chi connectivity index (χ3v) is 3.93. The molecule has 1 aromatic carbocycles. The van der Waals surface area contributed by atoms with Crippen LogP contribution in [0.2, 0.25) is 0 Å². The molecule has 0 aliphatic carbocycles. The molecule has 0 bridgehead atoms. The summed E-state index contributed by atoms with van der Waals surface area (Å²) in [6, 6.07) is 6.04. The van der Waals surface area contributed by atoms with E-state index in [0.29, 0.717) is 32.7 Å². The molecule has 3 rings (SSSR count). The number of nitrogens with zero attached hydrogens (tertiary/aromatic N) is 3. The zero-order valence-electron chi connectivity index (χ0n) is 12.5. The first-order chi connectivity index (χ1) is 10.4. The number of aromatic amines is 1. The molecule has 1 aliphatic heterocycles. The van der Waals surface area contributed by atoms with Gasteiger partial charge in [-0.15, -0.1) is 0 Å². The van der Waals surface area contributed by atoms with Crippen molar-refractivity contribution in [1.82, 2.24) is 19.8 Å². The number of alkyl halides is 3. The molecule has 1 aromatic heterocycles. The van der Waals surface area contributed by atoms with E-state index in [1.165, 1.54) is 10.5 Å². The Kier molecular flexibility index (Phi) is 4.10. The Balaban J connectivity index is 1.57. The standard InChI is InChI=1S/C15H19F3N4/c1-11-2-3-12-13(8-11)20-14(19-12)9-21-4-6-22(7-5-21)10-15(16,17)18/h2-3,8H,4-7,9-10H2,1H3,(H,19,20). The zero-order chi connectivity index (χ0) is 15.7. The second kappa shape index (κ2) is 5.89. The number of fused-ring (bicyclic) bond motifs is 1. The molecule has 0 saturated carbocycles. The molecule has 120 valence electrons. The largest absolute Gasteiger partial charge is 0.401 e. The van der Waals surface area contributed by atoms with E-state index < -0.39 is 12.7 Å². The van der Waals surface area contributed by atoms with Crippen molar-refractivity contribution in [2.75, 3.05) is 32.7 Å². The Bertz CT molecular complexity index is 642. The lowest BCUT2D eigenvalue weighted by Crippen LogP contribution is -2.48. The molecule has 0 spiro atoms. The highest BCUT2D eigenvalue weighted by Crippen LogP contribution is 2.18. The van der Waals surface area contributed by atoms with Crippen molar-refractivity contribution in [2.24, 2.45) is 0 Å². The van der Waals surface area contributed by atoms with Gasteiger partial charge in [0.15, 0.2) is 0 Å². The van der Waals surface area contributed by atoms with Crippen molar-refractivity contribution in [3.8, 4) is 0 Å². The van der Waals surface area contributed by atoms with E-state index in [0.717, 1.165) is 16.9 Å². The van der Waals surface area contributed by atoms with Crippen molar-refractivity contribution in [3.05, 3.63) is 29.6 Å². The highest BCUT2D eigenvalue weighted by molar-refractivity contribution is 5.75. The van der Waals surface area contributed by atoms with E-state index in [1.807, 2.05) is 25.1 Å². The van der Waals surface area contributed by atoms with Gasteiger partial charge in [0, 0.05) is 26.2 Å². The Morgan fingerprint density at radius 1 is 1.14 bits per heavy atom. The van der Waals surface area contributed by atoms with Gasteiger partial charge in [0.25, 0.3) is 0 Å². The number of benzene rings is 1. The number of hydrogen-bond acceptors (Lipinski definition) is 3. The van der Waals surface area contributed by atoms with Crippen LogP contribution < -0.4 is 0 Å². The Labute approximate surface area is 126 Å². The lowest BCUT2D eigenvalue weighted by atomic mass is 10.2. The van der Waals surface area contributed by atoms with Crippen LogP contribution >= 0.6 is 0 Å². The zero-order valence-corrected chi connectivity index (χ0v) is 12.5. The van der Waals surface area contributed by atoms with E-state index in [4.69, 9.17) is 0 Å². The van der Waals surface area contributed by atoms with Crippen LogP contribution in [0.15, 0.2) is 18.2 Å². The average Bonchev–Trinajstić information content (AvgIpc) is 2.80. The van der Waals surface area contributed by atoms with Crippen LogP contribution in [-0.2, 0) is 6.54 Å². The molecule has 1 saturated heterocycles. The Morgan fingerprint density at radius 3 is 2.50 bits per heavy atom. The summed E-state index contributed by atoms with van der Waals surface area (Å²) in [4.78, 5) is 11.4. The van der Waals surface area contributed by atoms with E-state index in [2.05, 4.69) is 14.9 Å². The normalized spacial score (nSPS) is 18.2. The van der Waals surface area contributed by atoms with Crippen LogP contribution in [-0.4, -0.2) is 58.7 Å². The molecule has 0 unspecified atom stereocenters. The monoisotopic (exact) mass is 312 g/mol. The molecule has 0 amide bonds. The summed E-state index contributed by atoms with van der Waals surface area (Å²) in [5.74, 6) is 0.866. The quantitative estimate of drug-likeness (QED) is 0.946. The van der Waals surface area contributed by atoms with Gasteiger partial charge in [-0.1, -0.05) is 6.07 Å². The summed E-state index contributed by atoms with van der Waals surface area (Å²) in [5, 5.41) is 0. The second-order valence-electron chi connectivity index (χ2n) is 5.87. The number of piperazine rings is 1. The van der Waals surface area contributed by atoms with Gasteiger partial charge >= 0.3 is 6.18 Å². The number of halogens is 3. The fourth-order valence-electron chi connectivity index (χ4n) is 2.82. The summed E-state index contributed by atoms with van der Waals surface area (Å²) in [7, 11) is 0. The van der Waals surface area contributed by atoms with Gasteiger partial charge in [-0.2, -0.15) is 13.2 Å². The fraction of sp³-hybridized carbons (Fsp3) is 0.533. The van der Waals surface area contributed by atoms with Crippen LogP contribution in [0.25, 0.3) is 11.0 Å². The summed E-state index contributed by atoms with van der Waals surface area (Å²) < 4.78 is 37.1. The topological polar surface area (TPSA) is 35.2 Å². The number of rotatable bonds is 3. The van der Waals surface area contributed by atoms with Crippen LogP contribution in [0, 0.1) is 6.92 Å². The number of aromatic nitrogens is 2. The molecular formula is C15H19F3N4. The van der Waals surface area contributed by atoms with Crippen LogP contribution in [0.5, 0.6) is 0 Å². The van der Waals surface area contributed by atoms with Crippen molar-refractivity contribution in [3.63, 3.8) is 0 Å². The molecule has 2 aromatic rings. The molecule has 1 N–H and O–H groups in total. The van der Waals surface area contributed by atoms with Gasteiger partial charge in [-0.3, -0.25) is 9.80 Å². The Hall–Kier alpha value is -1.60. The number of nitrogens with one attached hydrogen (secondary N) is 1. The highest BCUT2D eigenvalue weighted by atomic mass is 19.4. The van der Waals surface area contributed by atoms with Gasteiger partial charge in [0.2, 0.25) is 0 Å². The lowest BCUT2D eigenvalue weighted by molar-refractivity contribution is -0.149. The fourth-order valence-corrected chi connectivity index (χ4v) is 2.82. The molecule has 4 nitrogen and oxygen atoms in total. The van der Waals surface area contributed by atoms with E-state index in [-0.39, 0.29) is 0 Å². The maximum atomic E-state index is 12.4. The van der Waals surface area contributed by atoms with E-state index >= 15 is 0 Å². The van der Waals surface area contributed by atoms with Gasteiger partial charge < -0.3 is 4.98 Å². The molecule has 22 heavy (non-hydrogen) atoms. The number of hydrogen-bond donors (Lipinski definition) is 1. The molecule has 1 aliphatic rings. The van der Waals surface area contributed by atoms with Gasteiger partial charge in [-0.25, -0.2) is 4.98 Å². The molecule has 1 fully saturated rings. The van der Waals surface area contributed by atoms with Gasteiger partial charge in [0.1, 0.15) is 5.82 Å². The van der Waals surface area contributed by atoms with E-state index in [9.17, 15) is 13.2 Å². The van der Waals surface area contributed by atoms with Crippen molar-refractivity contribution < 1.29 is 13.2 Å². The molecular weight excluding hydrogens is 293 g/mol. The minimum Gasteiger partial charge on any atom is -0.341 e. The van der Waals surface area contributed by atoms with Crippen LogP contribution in [0.3, 0.4) is 0 Å². The molecule has 0 atom stereocenters. The minimum absolute atomic E-state index is 0.443. The van der Waals surface area contributed by atoms with Gasteiger partial charge in [-0.05, 0) is 24.6 Å².